The highest BCUT2D eigenvalue weighted by atomic mass is 32.1. The molecular formula is C24H21N3O2S. The molecule has 5 nitrogen and oxygen atoms in total. The highest BCUT2D eigenvalue weighted by Gasteiger charge is 2.22. The van der Waals surface area contributed by atoms with Gasteiger partial charge in [-0.1, -0.05) is 48.5 Å². The Bertz CT molecular complexity index is 1260. The van der Waals surface area contributed by atoms with Crippen LogP contribution >= 0.6 is 11.3 Å². The number of thiophene rings is 1. The van der Waals surface area contributed by atoms with E-state index in [0.29, 0.717) is 16.1 Å². The predicted octanol–water partition coefficient (Wildman–Crippen LogP) is 5.19. The van der Waals surface area contributed by atoms with Crippen LogP contribution in [-0.4, -0.2) is 23.8 Å². The third-order valence-electron chi connectivity index (χ3n) is 5.10. The number of carbonyl (C=O) groups is 2. The van der Waals surface area contributed by atoms with Gasteiger partial charge in [0.2, 0.25) is 0 Å². The Morgan fingerprint density at radius 3 is 2.37 bits per heavy atom. The van der Waals surface area contributed by atoms with E-state index in [1.165, 1.54) is 11.3 Å². The van der Waals surface area contributed by atoms with Crippen molar-refractivity contribution in [3.05, 3.63) is 82.2 Å². The van der Waals surface area contributed by atoms with Crippen molar-refractivity contribution in [1.82, 2.24) is 10.3 Å². The molecule has 0 saturated heterocycles. The van der Waals surface area contributed by atoms with Crippen LogP contribution in [0.1, 0.15) is 31.2 Å². The lowest BCUT2D eigenvalue weighted by Gasteiger charge is -2.11. The summed E-state index contributed by atoms with van der Waals surface area (Å²) in [6.07, 6.45) is 0. The Morgan fingerprint density at radius 2 is 1.63 bits per heavy atom. The fourth-order valence-corrected chi connectivity index (χ4v) is 4.46. The number of hydrogen-bond donors (Lipinski definition) is 2. The van der Waals surface area contributed by atoms with E-state index in [9.17, 15) is 9.59 Å². The monoisotopic (exact) mass is 415 g/mol. The summed E-state index contributed by atoms with van der Waals surface area (Å²) in [6, 6.07) is 19.1. The lowest BCUT2D eigenvalue weighted by molar-refractivity contribution is 0.0963. The number of nitrogens with one attached hydrogen (secondary N) is 2. The fraction of sp³-hybridized carbons (Fsp3) is 0.125. The van der Waals surface area contributed by atoms with E-state index in [0.717, 1.165) is 32.6 Å². The Morgan fingerprint density at radius 1 is 0.933 bits per heavy atom. The van der Waals surface area contributed by atoms with Gasteiger partial charge < -0.3 is 10.6 Å². The number of para-hydroxylation sites is 1. The van der Waals surface area contributed by atoms with Gasteiger partial charge in [-0.15, -0.1) is 11.3 Å². The number of aryl methyl sites for hydroxylation is 1. The second-order valence-electron chi connectivity index (χ2n) is 6.96. The minimum absolute atomic E-state index is 0.211. The molecule has 0 aliphatic rings. The Balaban J connectivity index is 1.81. The second-order valence-corrected chi connectivity index (χ2v) is 8.18. The Labute approximate surface area is 178 Å². The maximum Gasteiger partial charge on any atom is 0.257 e. The quantitative estimate of drug-likeness (QED) is 0.482. The molecule has 150 valence electrons. The van der Waals surface area contributed by atoms with Gasteiger partial charge in [0.05, 0.1) is 22.3 Å². The van der Waals surface area contributed by atoms with Crippen LogP contribution in [0, 0.1) is 13.8 Å². The van der Waals surface area contributed by atoms with Crippen molar-refractivity contribution < 1.29 is 9.59 Å². The molecule has 0 saturated carbocycles. The summed E-state index contributed by atoms with van der Waals surface area (Å²) >= 11 is 1.41. The Hall–Kier alpha value is -3.51. The molecule has 0 spiro atoms. The van der Waals surface area contributed by atoms with Crippen LogP contribution in [0.5, 0.6) is 0 Å². The molecule has 2 N–H and O–H groups in total. The van der Waals surface area contributed by atoms with Gasteiger partial charge >= 0.3 is 0 Å². The largest absolute Gasteiger partial charge is 0.355 e. The van der Waals surface area contributed by atoms with Crippen LogP contribution in [0.4, 0.5) is 5.00 Å². The summed E-state index contributed by atoms with van der Waals surface area (Å²) in [5, 5.41) is 6.94. The molecule has 2 amide bonds. The van der Waals surface area contributed by atoms with Crippen LogP contribution in [0.15, 0.2) is 60.7 Å². The van der Waals surface area contributed by atoms with Gasteiger partial charge in [0.1, 0.15) is 5.00 Å². The molecule has 4 aromatic rings. The van der Waals surface area contributed by atoms with E-state index in [1.807, 2.05) is 68.4 Å². The summed E-state index contributed by atoms with van der Waals surface area (Å²) < 4.78 is 0. The van der Waals surface area contributed by atoms with Crippen molar-refractivity contribution in [1.29, 1.82) is 0 Å². The number of benzene rings is 2. The third kappa shape index (κ3) is 3.57. The average Bonchev–Trinajstić information content (AvgIpc) is 3.05. The molecule has 0 fully saturated rings. The number of pyridine rings is 1. The normalized spacial score (nSPS) is 10.8. The summed E-state index contributed by atoms with van der Waals surface area (Å²) in [5.41, 5.74) is 4.31. The summed E-state index contributed by atoms with van der Waals surface area (Å²) in [5.74, 6) is -0.478. The maximum absolute atomic E-state index is 13.3. The number of amides is 2. The first kappa shape index (κ1) is 19.8. The molecule has 0 aliphatic carbocycles. The smallest absolute Gasteiger partial charge is 0.257 e. The number of anilines is 1. The third-order valence-corrected chi connectivity index (χ3v) is 6.22. The zero-order valence-corrected chi connectivity index (χ0v) is 17.8. The highest BCUT2D eigenvalue weighted by Crippen LogP contribution is 2.33. The number of carbonyl (C=O) groups excluding carboxylic acids is 2. The zero-order valence-electron chi connectivity index (χ0n) is 16.9. The summed E-state index contributed by atoms with van der Waals surface area (Å²) in [4.78, 5) is 31.4. The molecule has 0 unspecified atom stereocenters. The van der Waals surface area contributed by atoms with Crippen LogP contribution in [0.25, 0.3) is 22.2 Å². The van der Waals surface area contributed by atoms with Crippen molar-refractivity contribution in [2.75, 3.05) is 12.4 Å². The van der Waals surface area contributed by atoms with Gasteiger partial charge in [-0.05, 0) is 31.5 Å². The van der Waals surface area contributed by atoms with Gasteiger partial charge in [0.15, 0.2) is 0 Å². The number of nitrogens with zero attached hydrogens (tertiary/aromatic N) is 1. The first-order chi connectivity index (χ1) is 14.5. The van der Waals surface area contributed by atoms with Crippen LogP contribution in [0.2, 0.25) is 0 Å². The van der Waals surface area contributed by atoms with Crippen LogP contribution in [0.3, 0.4) is 0 Å². The Kier molecular flexibility index (Phi) is 5.33. The molecular weight excluding hydrogens is 394 g/mol. The first-order valence-corrected chi connectivity index (χ1v) is 10.4. The zero-order chi connectivity index (χ0) is 21.3. The van der Waals surface area contributed by atoms with Crippen LogP contribution in [-0.2, 0) is 0 Å². The van der Waals surface area contributed by atoms with E-state index in [2.05, 4.69) is 10.6 Å². The minimum Gasteiger partial charge on any atom is -0.355 e. The van der Waals surface area contributed by atoms with Gasteiger partial charge in [-0.2, -0.15) is 0 Å². The summed E-state index contributed by atoms with van der Waals surface area (Å²) in [7, 11) is 1.59. The lowest BCUT2D eigenvalue weighted by Crippen LogP contribution is -2.21. The van der Waals surface area contributed by atoms with Crippen molar-refractivity contribution in [2.24, 2.45) is 0 Å². The van der Waals surface area contributed by atoms with Gasteiger partial charge in [0.25, 0.3) is 11.8 Å². The van der Waals surface area contributed by atoms with E-state index in [1.54, 1.807) is 13.1 Å². The molecule has 30 heavy (non-hydrogen) atoms. The van der Waals surface area contributed by atoms with Crippen molar-refractivity contribution in [3.63, 3.8) is 0 Å². The van der Waals surface area contributed by atoms with Crippen molar-refractivity contribution in [3.8, 4) is 11.3 Å². The minimum atomic E-state index is -0.266. The van der Waals surface area contributed by atoms with Crippen molar-refractivity contribution >= 4 is 39.1 Å². The first-order valence-electron chi connectivity index (χ1n) is 9.58. The number of hydrogen-bond acceptors (Lipinski definition) is 4. The number of rotatable bonds is 4. The topological polar surface area (TPSA) is 71.1 Å². The predicted molar refractivity (Wildman–Crippen MR) is 122 cm³/mol. The maximum atomic E-state index is 13.3. The lowest BCUT2D eigenvalue weighted by atomic mass is 10.0. The molecule has 0 bridgehead atoms. The molecule has 2 heterocycles. The molecule has 0 radical (unpaired) electrons. The highest BCUT2D eigenvalue weighted by molar-refractivity contribution is 7.16. The average molecular weight is 416 g/mol. The van der Waals surface area contributed by atoms with Crippen molar-refractivity contribution in [2.45, 2.75) is 13.8 Å². The van der Waals surface area contributed by atoms with E-state index < -0.39 is 0 Å². The second kappa shape index (κ2) is 8.08. The number of aromatic nitrogens is 1. The standard InChI is InChI=1S/C24H21N3O2S/c1-14-15(2)30-24(21(14)23(29)25-3)27-22(28)18-13-20(16-9-5-4-6-10-16)26-19-12-8-7-11-17(18)19/h4-13H,1-3H3,(H,25,29)(H,27,28). The fourth-order valence-electron chi connectivity index (χ4n) is 3.40. The van der Waals surface area contributed by atoms with E-state index in [-0.39, 0.29) is 11.8 Å². The van der Waals surface area contributed by atoms with E-state index >= 15 is 0 Å². The molecule has 2 aromatic carbocycles. The molecule has 4 rings (SSSR count). The van der Waals surface area contributed by atoms with Gasteiger partial charge in [-0.25, -0.2) is 4.98 Å². The van der Waals surface area contributed by atoms with Crippen LogP contribution < -0.4 is 10.6 Å². The SMILES string of the molecule is CNC(=O)c1c(NC(=O)c2cc(-c3ccccc3)nc3ccccc23)sc(C)c1C. The molecule has 0 atom stereocenters. The van der Waals surface area contributed by atoms with Gasteiger partial charge in [-0.3, -0.25) is 9.59 Å². The molecule has 6 heteroatoms. The summed E-state index contributed by atoms with van der Waals surface area (Å²) in [6.45, 7) is 3.83. The van der Waals surface area contributed by atoms with Gasteiger partial charge in [0, 0.05) is 22.9 Å². The van der Waals surface area contributed by atoms with E-state index in [4.69, 9.17) is 4.98 Å². The molecule has 2 aromatic heterocycles. The molecule has 0 aliphatic heterocycles. The number of fused-ring (bicyclic) bond motifs is 1.